The Morgan fingerprint density at radius 1 is 1.43 bits per heavy atom. The molecule has 2 fully saturated rings. The van der Waals surface area contributed by atoms with Crippen LogP contribution in [0.2, 0.25) is 0 Å². The smallest absolute Gasteiger partial charge is 0.291 e. The highest BCUT2D eigenvalue weighted by atomic mass is 16.4. The molecule has 0 unspecified atom stereocenters. The molecule has 108 valence electrons. The Kier molecular flexibility index (Phi) is 2.65. The van der Waals surface area contributed by atoms with Crippen LogP contribution in [0.4, 0.5) is 0 Å². The lowest BCUT2D eigenvalue weighted by atomic mass is 10.1. The van der Waals surface area contributed by atoms with Gasteiger partial charge in [0.2, 0.25) is 11.7 Å². The number of aromatic nitrogens is 1. The van der Waals surface area contributed by atoms with Gasteiger partial charge in [0.25, 0.3) is 5.91 Å². The van der Waals surface area contributed by atoms with E-state index in [9.17, 15) is 4.79 Å². The topological polar surface area (TPSA) is 72.4 Å². The minimum Gasteiger partial charge on any atom is -0.431 e. The van der Waals surface area contributed by atoms with Gasteiger partial charge in [0, 0.05) is 24.1 Å². The van der Waals surface area contributed by atoms with E-state index in [4.69, 9.17) is 10.2 Å². The van der Waals surface area contributed by atoms with Crippen LogP contribution in [-0.4, -0.2) is 35.4 Å². The molecule has 2 heterocycles. The number of benzene rings is 1. The molecule has 2 aromatic rings. The molecule has 1 aromatic heterocycles. The number of nitrogens with two attached hydrogens (primary N) is 1. The summed E-state index contributed by atoms with van der Waals surface area (Å²) >= 11 is 0. The van der Waals surface area contributed by atoms with E-state index in [1.54, 1.807) is 0 Å². The molecule has 0 radical (unpaired) electrons. The Hall–Kier alpha value is -2.14. The quantitative estimate of drug-likeness (QED) is 0.931. The maximum Gasteiger partial charge on any atom is 0.291 e. The van der Waals surface area contributed by atoms with Crippen LogP contribution in [0.15, 0.2) is 40.9 Å². The van der Waals surface area contributed by atoms with Crippen molar-refractivity contribution in [2.24, 2.45) is 17.1 Å². The van der Waals surface area contributed by atoms with Crippen LogP contribution in [0.3, 0.4) is 0 Å². The fourth-order valence-corrected chi connectivity index (χ4v) is 3.31. The van der Waals surface area contributed by atoms with Gasteiger partial charge in [-0.25, -0.2) is 4.98 Å². The molecule has 1 saturated carbocycles. The summed E-state index contributed by atoms with van der Waals surface area (Å²) in [6.45, 7) is 2.19. The monoisotopic (exact) mass is 283 g/mol. The molecule has 0 spiro atoms. The number of amides is 1. The van der Waals surface area contributed by atoms with E-state index in [2.05, 4.69) is 4.98 Å². The van der Waals surface area contributed by atoms with Crippen molar-refractivity contribution in [3.05, 3.63) is 42.3 Å². The molecule has 21 heavy (non-hydrogen) atoms. The van der Waals surface area contributed by atoms with Crippen molar-refractivity contribution >= 4 is 5.91 Å². The zero-order valence-corrected chi connectivity index (χ0v) is 11.7. The van der Waals surface area contributed by atoms with Gasteiger partial charge in [-0.3, -0.25) is 4.79 Å². The predicted octanol–water partition coefficient (Wildman–Crippen LogP) is 1.76. The molecule has 5 heteroatoms. The number of hydrogen-bond acceptors (Lipinski definition) is 4. The largest absolute Gasteiger partial charge is 0.431 e. The maximum absolute atomic E-state index is 12.5. The van der Waals surface area contributed by atoms with Gasteiger partial charge in [-0.05, 0) is 31.0 Å². The highest BCUT2D eigenvalue weighted by molar-refractivity contribution is 5.92. The number of piperidine rings is 1. The van der Waals surface area contributed by atoms with Gasteiger partial charge in [-0.1, -0.05) is 18.2 Å². The highest BCUT2D eigenvalue weighted by Crippen LogP contribution is 2.57. The SMILES string of the molecule is NC[C@@]12C[C@@H]1CN(C(=O)c1cnc(-c3ccccc3)o1)C2. The van der Waals surface area contributed by atoms with Crippen LogP contribution in [-0.2, 0) is 0 Å². The Bertz CT molecular complexity index is 678. The van der Waals surface area contributed by atoms with E-state index < -0.39 is 0 Å². The molecule has 1 aromatic carbocycles. The predicted molar refractivity (Wildman–Crippen MR) is 77.4 cm³/mol. The zero-order valence-electron chi connectivity index (χ0n) is 11.7. The summed E-state index contributed by atoms with van der Waals surface area (Å²) in [5.41, 5.74) is 6.87. The fourth-order valence-electron chi connectivity index (χ4n) is 3.31. The molecule has 1 amide bonds. The summed E-state index contributed by atoms with van der Waals surface area (Å²) in [6.07, 6.45) is 2.67. The van der Waals surface area contributed by atoms with Crippen LogP contribution in [0, 0.1) is 11.3 Å². The molecule has 5 nitrogen and oxygen atoms in total. The number of rotatable bonds is 3. The van der Waals surface area contributed by atoms with Crippen molar-refractivity contribution in [1.82, 2.24) is 9.88 Å². The van der Waals surface area contributed by atoms with Gasteiger partial charge in [-0.2, -0.15) is 0 Å². The lowest BCUT2D eigenvalue weighted by molar-refractivity contribution is 0.0735. The first-order valence-corrected chi connectivity index (χ1v) is 7.22. The molecule has 2 N–H and O–H groups in total. The third-order valence-electron chi connectivity index (χ3n) is 4.74. The van der Waals surface area contributed by atoms with E-state index in [0.717, 1.165) is 25.1 Å². The second-order valence-corrected chi connectivity index (χ2v) is 6.05. The van der Waals surface area contributed by atoms with E-state index in [1.807, 2.05) is 35.2 Å². The van der Waals surface area contributed by atoms with E-state index in [-0.39, 0.29) is 11.3 Å². The third kappa shape index (κ3) is 1.96. The molecular formula is C16H17N3O2. The van der Waals surface area contributed by atoms with Crippen LogP contribution < -0.4 is 5.73 Å². The minimum absolute atomic E-state index is 0.0790. The number of nitrogens with zero attached hydrogens (tertiary/aromatic N) is 2. The van der Waals surface area contributed by atoms with Gasteiger partial charge in [0.15, 0.2) is 0 Å². The lowest BCUT2D eigenvalue weighted by Crippen LogP contribution is -2.33. The van der Waals surface area contributed by atoms with Crippen molar-refractivity contribution in [2.75, 3.05) is 19.6 Å². The Morgan fingerprint density at radius 3 is 2.95 bits per heavy atom. The average Bonchev–Trinajstić information content (AvgIpc) is 2.93. The van der Waals surface area contributed by atoms with Crippen molar-refractivity contribution in [3.8, 4) is 11.5 Å². The maximum atomic E-state index is 12.5. The molecular weight excluding hydrogens is 266 g/mol. The Labute approximate surface area is 122 Å². The van der Waals surface area contributed by atoms with E-state index in [0.29, 0.717) is 24.1 Å². The van der Waals surface area contributed by atoms with Crippen LogP contribution in [0.25, 0.3) is 11.5 Å². The highest BCUT2D eigenvalue weighted by Gasteiger charge is 2.59. The zero-order chi connectivity index (χ0) is 14.4. The van der Waals surface area contributed by atoms with Crippen LogP contribution >= 0.6 is 0 Å². The van der Waals surface area contributed by atoms with E-state index >= 15 is 0 Å². The molecule has 1 aliphatic carbocycles. The van der Waals surface area contributed by atoms with Gasteiger partial charge < -0.3 is 15.1 Å². The summed E-state index contributed by atoms with van der Waals surface area (Å²) in [4.78, 5) is 18.5. The molecule has 4 rings (SSSR count). The number of oxazole rings is 1. The first kappa shape index (κ1) is 12.6. The van der Waals surface area contributed by atoms with Gasteiger partial charge in [0.1, 0.15) is 0 Å². The van der Waals surface area contributed by atoms with Crippen LogP contribution in [0.5, 0.6) is 0 Å². The second kappa shape index (κ2) is 4.43. The van der Waals surface area contributed by atoms with Gasteiger partial charge in [0.05, 0.1) is 6.20 Å². The molecule has 1 saturated heterocycles. The fraction of sp³-hybridized carbons (Fsp3) is 0.375. The summed E-state index contributed by atoms with van der Waals surface area (Å²) in [7, 11) is 0. The Morgan fingerprint density at radius 2 is 2.24 bits per heavy atom. The summed E-state index contributed by atoms with van der Waals surface area (Å²) in [5.74, 6) is 1.28. The van der Waals surface area contributed by atoms with Crippen molar-refractivity contribution in [2.45, 2.75) is 6.42 Å². The number of carbonyl (C=O) groups is 1. The number of fused-ring (bicyclic) bond motifs is 1. The first-order chi connectivity index (χ1) is 10.2. The number of carbonyl (C=O) groups excluding carboxylic acids is 1. The van der Waals surface area contributed by atoms with Gasteiger partial charge in [-0.15, -0.1) is 0 Å². The molecule has 0 bridgehead atoms. The van der Waals surface area contributed by atoms with Crippen molar-refractivity contribution in [1.29, 1.82) is 0 Å². The normalized spacial score (nSPS) is 26.7. The summed E-state index contributed by atoms with van der Waals surface area (Å²) < 4.78 is 5.63. The van der Waals surface area contributed by atoms with Crippen molar-refractivity contribution < 1.29 is 9.21 Å². The van der Waals surface area contributed by atoms with E-state index in [1.165, 1.54) is 6.20 Å². The molecule has 1 aliphatic heterocycles. The number of hydrogen-bond donors (Lipinski definition) is 1. The first-order valence-electron chi connectivity index (χ1n) is 7.22. The minimum atomic E-state index is -0.0790. The van der Waals surface area contributed by atoms with Crippen molar-refractivity contribution in [3.63, 3.8) is 0 Å². The standard InChI is InChI=1S/C16H17N3O2/c17-9-16-6-12(16)8-19(10-16)15(20)13-7-18-14(21-13)11-4-2-1-3-5-11/h1-5,7,12H,6,8-10,17H2/t12-,16-/m1/s1. The summed E-state index contributed by atoms with van der Waals surface area (Å²) in [6, 6.07) is 9.59. The average molecular weight is 283 g/mol. The lowest BCUT2D eigenvalue weighted by Gasteiger charge is -2.18. The third-order valence-corrected chi connectivity index (χ3v) is 4.74. The molecule has 2 aliphatic rings. The second-order valence-electron chi connectivity index (χ2n) is 6.05. The Balaban J connectivity index is 1.53. The molecule has 2 atom stereocenters. The van der Waals surface area contributed by atoms with Gasteiger partial charge >= 0.3 is 0 Å². The summed E-state index contributed by atoms with van der Waals surface area (Å²) in [5, 5.41) is 0. The van der Waals surface area contributed by atoms with Crippen LogP contribution in [0.1, 0.15) is 17.0 Å². The number of likely N-dealkylation sites (tertiary alicyclic amines) is 1.